The van der Waals surface area contributed by atoms with Gasteiger partial charge in [-0.15, -0.1) is 0 Å². The maximum atomic E-state index is 13.8. The number of aliphatic hydroxyl groups is 5. The number of fused-ring (bicyclic) bond motifs is 3. The zero-order valence-corrected chi connectivity index (χ0v) is 21.5. The molecule has 1 saturated carbocycles. The molecule has 3 aliphatic rings. The number of ketones is 2. The van der Waals surface area contributed by atoms with E-state index in [2.05, 4.69) is 20.8 Å². The molecule has 3 aliphatic carbocycles. The SMILES string of the molecule is CC(=O)C1C(O)CC2C(O)C3C(=C(O)C2(O)C1O)C(=O)c1c(ccc(CCCC(C)(C)C)c1O)C3C. The zero-order chi connectivity index (χ0) is 26.9. The fraction of sp³-hybridized carbons (Fsp3) is 0.643. The van der Waals surface area contributed by atoms with Crippen LogP contribution < -0.4 is 0 Å². The van der Waals surface area contributed by atoms with Gasteiger partial charge in [0.1, 0.15) is 23.4 Å². The van der Waals surface area contributed by atoms with Crippen LogP contribution in [0.25, 0.3) is 0 Å². The van der Waals surface area contributed by atoms with Crippen molar-refractivity contribution in [3.63, 3.8) is 0 Å². The van der Waals surface area contributed by atoms with Crippen molar-refractivity contribution in [1.82, 2.24) is 0 Å². The first-order valence-corrected chi connectivity index (χ1v) is 12.7. The summed E-state index contributed by atoms with van der Waals surface area (Å²) in [6, 6.07) is 3.55. The first kappa shape index (κ1) is 26.8. The lowest BCUT2D eigenvalue weighted by atomic mass is 9.54. The van der Waals surface area contributed by atoms with Gasteiger partial charge in [0.25, 0.3) is 0 Å². The Morgan fingerprint density at radius 1 is 1.14 bits per heavy atom. The summed E-state index contributed by atoms with van der Waals surface area (Å²) in [6.45, 7) is 9.31. The largest absolute Gasteiger partial charge is 0.509 e. The molecule has 0 bridgehead atoms. The van der Waals surface area contributed by atoms with Gasteiger partial charge in [0.05, 0.1) is 23.7 Å². The summed E-state index contributed by atoms with van der Waals surface area (Å²) < 4.78 is 0. The van der Waals surface area contributed by atoms with E-state index in [1.165, 1.54) is 0 Å². The van der Waals surface area contributed by atoms with E-state index in [1.54, 1.807) is 19.1 Å². The predicted octanol–water partition coefficient (Wildman–Crippen LogP) is 2.54. The zero-order valence-electron chi connectivity index (χ0n) is 21.5. The maximum Gasteiger partial charge on any atom is 0.196 e. The van der Waals surface area contributed by atoms with Crippen molar-refractivity contribution in [2.24, 2.45) is 23.2 Å². The minimum atomic E-state index is -2.49. The quantitative estimate of drug-likeness (QED) is 0.367. The van der Waals surface area contributed by atoms with Crippen LogP contribution in [0.3, 0.4) is 0 Å². The van der Waals surface area contributed by atoms with Crippen LogP contribution in [0.4, 0.5) is 0 Å². The first-order valence-electron chi connectivity index (χ1n) is 12.7. The van der Waals surface area contributed by atoms with Crippen LogP contribution >= 0.6 is 0 Å². The highest BCUT2D eigenvalue weighted by Gasteiger charge is 2.65. The van der Waals surface area contributed by atoms with Crippen molar-refractivity contribution in [2.45, 2.75) is 90.1 Å². The van der Waals surface area contributed by atoms with Gasteiger partial charge in [0.15, 0.2) is 11.4 Å². The summed E-state index contributed by atoms with van der Waals surface area (Å²) in [6.07, 6.45) is -2.60. The number of aliphatic hydroxyl groups excluding tert-OH is 4. The van der Waals surface area contributed by atoms with Crippen molar-refractivity contribution in [1.29, 1.82) is 0 Å². The summed E-state index contributed by atoms with van der Waals surface area (Å²) in [7, 11) is 0. The Balaban J connectivity index is 1.82. The molecule has 8 heteroatoms. The molecule has 4 rings (SSSR count). The summed E-state index contributed by atoms with van der Waals surface area (Å²) in [4.78, 5) is 25.9. The summed E-state index contributed by atoms with van der Waals surface area (Å²) in [5.41, 5.74) is -1.48. The molecule has 0 saturated heterocycles. The Morgan fingerprint density at radius 3 is 2.36 bits per heavy atom. The van der Waals surface area contributed by atoms with Crippen LogP contribution in [-0.4, -0.2) is 66.1 Å². The molecule has 36 heavy (non-hydrogen) atoms. The Morgan fingerprint density at radius 2 is 1.78 bits per heavy atom. The van der Waals surface area contributed by atoms with Gasteiger partial charge >= 0.3 is 0 Å². The molecule has 198 valence electrons. The van der Waals surface area contributed by atoms with Gasteiger partial charge < -0.3 is 30.6 Å². The highest BCUT2D eigenvalue weighted by Crippen LogP contribution is 2.56. The molecule has 8 atom stereocenters. The number of benzene rings is 1. The molecule has 0 radical (unpaired) electrons. The fourth-order valence-corrected chi connectivity index (χ4v) is 6.70. The van der Waals surface area contributed by atoms with E-state index in [1.807, 2.05) is 0 Å². The highest BCUT2D eigenvalue weighted by molar-refractivity contribution is 6.14. The van der Waals surface area contributed by atoms with Crippen molar-refractivity contribution in [3.8, 4) is 5.75 Å². The second-order valence-electron chi connectivity index (χ2n) is 12.2. The number of carbonyl (C=O) groups excluding carboxylic acids is 2. The molecule has 0 amide bonds. The number of hydrogen-bond acceptors (Lipinski definition) is 8. The average Bonchev–Trinajstić information content (AvgIpc) is 2.76. The van der Waals surface area contributed by atoms with Gasteiger partial charge in [-0.05, 0) is 55.1 Å². The van der Waals surface area contributed by atoms with Crippen LogP contribution in [0, 0.1) is 23.2 Å². The van der Waals surface area contributed by atoms with E-state index in [0.717, 1.165) is 19.8 Å². The third-order valence-corrected chi connectivity index (χ3v) is 8.65. The van der Waals surface area contributed by atoms with Crippen LogP contribution in [0.1, 0.15) is 81.3 Å². The minimum absolute atomic E-state index is 0.0243. The van der Waals surface area contributed by atoms with E-state index >= 15 is 0 Å². The van der Waals surface area contributed by atoms with Gasteiger partial charge in [-0.1, -0.05) is 39.8 Å². The fourth-order valence-electron chi connectivity index (χ4n) is 6.70. The number of hydrogen-bond donors (Lipinski definition) is 6. The van der Waals surface area contributed by atoms with Gasteiger partial charge in [0, 0.05) is 17.4 Å². The lowest BCUT2D eigenvalue weighted by molar-refractivity contribution is -0.215. The predicted molar refractivity (Wildman–Crippen MR) is 132 cm³/mol. The Labute approximate surface area is 211 Å². The summed E-state index contributed by atoms with van der Waals surface area (Å²) in [5, 5.41) is 66.8. The topological polar surface area (TPSA) is 156 Å². The van der Waals surface area contributed by atoms with Crippen LogP contribution in [0.5, 0.6) is 5.75 Å². The van der Waals surface area contributed by atoms with Gasteiger partial charge in [0.2, 0.25) is 0 Å². The van der Waals surface area contributed by atoms with Crippen LogP contribution in [-0.2, 0) is 11.2 Å². The van der Waals surface area contributed by atoms with Gasteiger partial charge in [-0.25, -0.2) is 0 Å². The molecule has 0 heterocycles. The smallest absolute Gasteiger partial charge is 0.196 e. The monoisotopic (exact) mass is 502 g/mol. The summed E-state index contributed by atoms with van der Waals surface area (Å²) >= 11 is 0. The van der Waals surface area contributed by atoms with Crippen molar-refractivity contribution < 1.29 is 40.2 Å². The molecule has 0 spiro atoms. The number of phenolic OH excluding ortho intramolecular Hbond substituents is 1. The molecule has 1 aromatic rings. The van der Waals surface area contributed by atoms with Gasteiger partial charge in [-0.2, -0.15) is 0 Å². The van der Waals surface area contributed by atoms with E-state index in [-0.39, 0.29) is 28.7 Å². The number of carbonyl (C=O) groups is 2. The standard InChI is InChI=1S/C28H38O8/c1-12-15-9-8-14(7-6-10-27(3,4)5)22(31)20(15)24(33)21-18(12)23(32)16-11-17(30)19(13(2)29)25(34)28(16,36)26(21)35/h8-9,12,16-19,23,25,30-32,34-36H,6-7,10-11H2,1-5H3. The van der Waals surface area contributed by atoms with E-state index in [9.17, 15) is 40.2 Å². The molecule has 0 aromatic heterocycles. The maximum absolute atomic E-state index is 13.8. The van der Waals surface area contributed by atoms with Crippen molar-refractivity contribution >= 4 is 11.6 Å². The normalized spacial score (nSPS) is 36.2. The molecule has 6 N–H and O–H groups in total. The minimum Gasteiger partial charge on any atom is -0.509 e. The number of aryl methyl sites for hydroxylation is 1. The Hall–Kier alpha value is -2.26. The molecule has 1 aromatic carbocycles. The molecule has 0 aliphatic heterocycles. The average molecular weight is 503 g/mol. The third kappa shape index (κ3) is 3.90. The Kier molecular flexibility index (Phi) is 6.65. The van der Waals surface area contributed by atoms with E-state index in [4.69, 9.17) is 0 Å². The lowest BCUT2D eigenvalue weighted by Crippen LogP contribution is -2.68. The molecule has 8 nitrogen and oxygen atoms in total. The Bertz CT molecular complexity index is 1120. The van der Waals surface area contributed by atoms with E-state index in [0.29, 0.717) is 17.5 Å². The summed E-state index contributed by atoms with van der Waals surface area (Å²) in [5.74, 6) is -6.29. The molecular formula is C28H38O8. The lowest BCUT2D eigenvalue weighted by Gasteiger charge is -2.55. The highest BCUT2D eigenvalue weighted by atomic mass is 16.4. The van der Waals surface area contributed by atoms with Crippen LogP contribution in [0.2, 0.25) is 0 Å². The second-order valence-corrected chi connectivity index (χ2v) is 12.2. The molecule has 1 fully saturated rings. The molecule has 8 unspecified atom stereocenters. The first-order chi connectivity index (χ1) is 16.6. The number of aromatic hydroxyl groups is 1. The molecular weight excluding hydrogens is 464 g/mol. The number of rotatable bonds is 4. The van der Waals surface area contributed by atoms with E-state index < -0.39 is 64.9 Å². The number of Topliss-reactive ketones (excluding diaryl/α,β-unsaturated/α-hetero) is 2. The third-order valence-electron chi connectivity index (χ3n) is 8.65. The van der Waals surface area contributed by atoms with Crippen molar-refractivity contribution in [3.05, 3.63) is 40.2 Å². The second kappa shape index (κ2) is 8.94. The number of phenols is 1. The van der Waals surface area contributed by atoms with Crippen LogP contribution in [0.15, 0.2) is 23.5 Å². The van der Waals surface area contributed by atoms with Gasteiger partial charge in [-0.3, -0.25) is 9.59 Å². The van der Waals surface area contributed by atoms with Crippen molar-refractivity contribution in [2.75, 3.05) is 0 Å².